The Morgan fingerprint density at radius 1 is 0.957 bits per heavy atom. The van der Waals surface area contributed by atoms with Crippen molar-refractivity contribution < 1.29 is 8.42 Å². The molecule has 0 heterocycles. The maximum atomic E-state index is 11.6. The Labute approximate surface area is 142 Å². The molecule has 0 aromatic heterocycles. The standard InChI is InChI=1S/C19H19ClO2S/c1-13-6-11-18(19(20)12-13)17-5-3-4-16(17)14-7-9-15(10-8-14)23(2,21)22/h6-12H,3-5H2,1-2H3. The summed E-state index contributed by atoms with van der Waals surface area (Å²) in [7, 11) is -3.16. The van der Waals surface area contributed by atoms with Gasteiger partial charge in [-0.1, -0.05) is 35.9 Å². The van der Waals surface area contributed by atoms with Gasteiger partial charge in [-0.2, -0.15) is 0 Å². The van der Waals surface area contributed by atoms with Gasteiger partial charge in [0.2, 0.25) is 0 Å². The third kappa shape index (κ3) is 3.36. The first kappa shape index (κ1) is 16.3. The number of hydrogen-bond acceptors (Lipinski definition) is 2. The van der Waals surface area contributed by atoms with E-state index in [1.165, 1.54) is 17.4 Å². The lowest BCUT2D eigenvalue weighted by Gasteiger charge is -2.11. The lowest BCUT2D eigenvalue weighted by molar-refractivity contribution is 0.602. The van der Waals surface area contributed by atoms with Gasteiger partial charge in [-0.05, 0) is 72.2 Å². The fourth-order valence-corrected chi connectivity index (χ4v) is 4.11. The average Bonchev–Trinajstić information content (AvgIpc) is 2.95. The van der Waals surface area contributed by atoms with Crippen LogP contribution in [0.4, 0.5) is 0 Å². The maximum Gasteiger partial charge on any atom is 0.175 e. The molecule has 0 aliphatic heterocycles. The van der Waals surface area contributed by atoms with E-state index >= 15 is 0 Å². The van der Waals surface area contributed by atoms with Crippen molar-refractivity contribution in [3.63, 3.8) is 0 Å². The summed E-state index contributed by atoms with van der Waals surface area (Å²) in [5.74, 6) is 0. The van der Waals surface area contributed by atoms with Gasteiger partial charge < -0.3 is 0 Å². The van der Waals surface area contributed by atoms with Gasteiger partial charge in [0, 0.05) is 11.3 Å². The van der Waals surface area contributed by atoms with Gasteiger partial charge in [-0.3, -0.25) is 0 Å². The number of halogens is 1. The topological polar surface area (TPSA) is 34.1 Å². The normalized spacial score (nSPS) is 15.3. The predicted octanol–water partition coefficient (Wildman–Crippen LogP) is 5.15. The molecule has 0 bridgehead atoms. The molecule has 0 fully saturated rings. The molecule has 4 heteroatoms. The van der Waals surface area contributed by atoms with E-state index in [1.54, 1.807) is 12.1 Å². The van der Waals surface area contributed by atoms with E-state index in [9.17, 15) is 8.42 Å². The molecule has 0 unspecified atom stereocenters. The molecule has 0 N–H and O–H groups in total. The van der Waals surface area contributed by atoms with Crippen molar-refractivity contribution in [1.82, 2.24) is 0 Å². The zero-order valence-corrected chi connectivity index (χ0v) is 14.8. The van der Waals surface area contributed by atoms with Crippen LogP contribution in [0.5, 0.6) is 0 Å². The van der Waals surface area contributed by atoms with Crippen molar-refractivity contribution in [2.75, 3.05) is 6.26 Å². The van der Waals surface area contributed by atoms with Crippen molar-refractivity contribution in [3.8, 4) is 0 Å². The zero-order chi connectivity index (χ0) is 16.6. The van der Waals surface area contributed by atoms with Crippen molar-refractivity contribution in [3.05, 3.63) is 64.2 Å². The summed E-state index contributed by atoms with van der Waals surface area (Å²) in [5, 5.41) is 0.784. The molecule has 1 aliphatic rings. The highest BCUT2D eigenvalue weighted by Crippen LogP contribution is 2.42. The van der Waals surface area contributed by atoms with Gasteiger partial charge in [0.1, 0.15) is 0 Å². The first-order chi connectivity index (χ1) is 10.9. The minimum atomic E-state index is -3.16. The van der Waals surface area contributed by atoms with Crippen molar-refractivity contribution in [2.24, 2.45) is 0 Å². The van der Waals surface area contributed by atoms with E-state index < -0.39 is 9.84 Å². The summed E-state index contributed by atoms with van der Waals surface area (Å²) >= 11 is 6.43. The second kappa shape index (κ2) is 6.14. The molecular formula is C19H19ClO2S. The Kier molecular flexibility index (Phi) is 4.35. The molecule has 2 nitrogen and oxygen atoms in total. The van der Waals surface area contributed by atoms with Crippen LogP contribution >= 0.6 is 11.6 Å². The lowest BCUT2D eigenvalue weighted by Crippen LogP contribution is -1.97. The maximum absolute atomic E-state index is 11.6. The minimum Gasteiger partial charge on any atom is -0.224 e. The van der Waals surface area contributed by atoms with Crippen LogP contribution in [0.15, 0.2) is 47.4 Å². The van der Waals surface area contributed by atoms with Gasteiger partial charge in [-0.15, -0.1) is 0 Å². The largest absolute Gasteiger partial charge is 0.224 e. The summed E-state index contributed by atoms with van der Waals surface area (Å²) in [5.41, 5.74) is 5.88. The van der Waals surface area contributed by atoms with E-state index in [4.69, 9.17) is 11.6 Å². The van der Waals surface area contributed by atoms with Gasteiger partial charge >= 0.3 is 0 Å². The Morgan fingerprint density at radius 3 is 2.22 bits per heavy atom. The summed E-state index contributed by atoms with van der Waals surface area (Å²) in [6.45, 7) is 2.03. The molecule has 0 atom stereocenters. The lowest BCUT2D eigenvalue weighted by atomic mass is 9.96. The Balaban J connectivity index is 2.06. The molecule has 23 heavy (non-hydrogen) atoms. The number of rotatable bonds is 3. The zero-order valence-electron chi connectivity index (χ0n) is 13.3. The van der Waals surface area contributed by atoms with Crippen LogP contribution in [-0.4, -0.2) is 14.7 Å². The molecular weight excluding hydrogens is 328 g/mol. The number of allylic oxidation sites excluding steroid dienone is 2. The summed E-state index contributed by atoms with van der Waals surface area (Å²) in [4.78, 5) is 0.356. The third-order valence-electron chi connectivity index (χ3n) is 4.30. The van der Waals surface area contributed by atoms with Gasteiger partial charge in [0.25, 0.3) is 0 Å². The molecule has 2 aromatic carbocycles. The molecule has 0 radical (unpaired) electrons. The highest BCUT2D eigenvalue weighted by molar-refractivity contribution is 7.90. The van der Waals surface area contributed by atoms with E-state index in [2.05, 4.69) is 12.1 Å². The molecule has 0 saturated carbocycles. The third-order valence-corrected chi connectivity index (χ3v) is 5.74. The Bertz CT molecular complexity index is 878. The van der Waals surface area contributed by atoms with Crippen LogP contribution in [0.2, 0.25) is 5.02 Å². The van der Waals surface area contributed by atoms with Gasteiger partial charge in [-0.25, -0.2) is 8.42 Å². The fourth-order valence-electron chi connectivity index (χ4n) is 3.13. The van der Waals surface area contributed by atoms with Crippen LogP contribution < -0.4 is 0 Å². The second-order valence-corrected chi connectivity index (χ2v) is 8.51. The smallest absolute Gasteiger partial charge is 0.175 e. The molecule has 3 rings (SSSR count). The summed E-state index contributed by atoms with van der Waals surface area (Å²) < 4.78 is 23.2. The highest BCUT2D eigenvalue weighted by Gasteiger charge is 2.20. The molecule has 120 valence electrons. The van der Waals surface area contributed by atoms with Crippen LogP contribution in [0.1, 0.15) is 36.0 Å². The van der Waals surface area contributed by atoms with Crippen LogP contribution in [0, 0.1) is 6.92 Å². The van der Waals surface area contributed by atoms with Crippen molar-refractivity contribution in [1.29, 1.82) is 0 Å². The highest BCUT2D eigenvalue weighted by atomic mass is 35.5. The van der Waals surface area contributed by atoms with E-state index in [-0.39, 0.29) is 0 Å². The van der Waals surface area contributed by atoms with E-state index in [0.29, 0.717) is 4.90 Å². The average molecular weight is 347 g/mol. The van der Waals surface area contributed by atoms with Crippen LogP contribution in [0.25, 0.3) is 11.1 Å². The summed E-state index contributed by atoms with van der Waals surface area (Å²) in [6.07, 6.45) is 4.33. The quantitative estimate of drug-likeness (QED) is 0.770. The number of aryl methyl sites for hydroxylation is 1. The first-order valence-electron chi connectivity index (χ1n) is 7.65. The number of sulfone groups is 1. The van der Waals surface area contributed by atoms with Crippen molar-refractivity contribution in [2.45, 2.75) is 31.1 Å². The monoisotopic (exact) mass is 346 g/mol. The SMILES string of the molecule is Cc1ccc(C2=C(c3ccc(S(C)(=O)=O)cc3)CCC2)c(Cl)c1. The molecule has 2 aromatic rings. The van der Waals surface area contributed by atoms with Crippen molar-refractivity contribution >= 4 is 32.6 Å². The number of benzene rings is 2. The molecule has 0 saturated heterocycles. The summed E-state index contributed by atoms with van der Waals surface area (Å²) in [6, 6.07) is 13.3. The molecule has 0 amide bonds. The number of hydrogen-bond donors (Lipinski definition) is 0. The second-order valence-electron chi connectivity index (χ2n) is 6.09. The first-order valence-corrected chi connectivity index (χ1v) is 9.92. The predicted molar refractivity (Wildman–Crippen MR) is 96.4 cm³/mol. The molecule has 1 aliphatic carbocycles. The van der Waals surface area contributed by atoms with Gasteiger partial charge in [0.05, 0.1) is 4.90 Å². The Morgan fingerprint density at radius 2 is 1.61 bits per heavy atom. The minimum absolute atomic E-state index is 0.356. The molecule has 0 spiro atoms. The van der Waals surface area contributed by atoms with E-state index in [1.807, 2.05) is 25.1 Å². The van der Waals surface area contributed by atoms with Crippen LogP contribution in [-0.2, 0) is 9.84 Å². The van der Waals surface area contributed by atoms with Gasteiger partial charge in [0.15, 0.2) is 9.84 Å². The van der Waals surface area contributed by atoms with Crippen LogP contribution in [0.3, 0.4) is 0 Å². The fraction of sp³-hybridized carbons (Fsp3) is 0.263. The van der Waals surface area contributed by atoms with E-state index in [0.717, 1.165) is 41.0 Å². The Hall–Kier alpha value is -1.58.